The van der Waals surface area contributed by atoms with Crippen molar-refractivity contribution >= 4 is 11.8 Å². The summed E-state index contributed by atoms with van der Waals surface area (Å²) in [7, 11) is 0. The standard InChI is InChI=1S/C16H20N4O4/c1-3-8-17-15(22)11(2)19-14(21)9-23-13-6-4-12(5-7-13)16-20-18-10-24-16/h4-7,10-11H,3,8-9H2,1-2H3,(H,17,22)(H,19,21)/t11-/m1/s1. The van der Waals surface area contributed by atoms with Crippen LogP contribution in [0.25, 0.3) is 11.5 Å². The van der Waals surface area contributed by atoms with Crippen LogP contribution in [0, 0.1) is 0 Å². The summed E-state index contributed by atoms with van der Waals surface area (Å²) in [6.45, 7) is 4.00. The molecule has 0 fully saturated rings. The first-order valence-corrected chi connectivity index (χ1v) is 7.66. The van der Waals surface area contributed by atoms with Crippen LogP contribution in [0.2, 0.25) is 0 Å². The maximum Gasteiger partial charge on any atom is 0.258 e. The number of carbonyl (C=O) groups is 2. The molecule has 1 aromatic heterocycles. The zero-order chi connectivity index (χ0) is 17.4. The Hall–Kier alpha value is -2.90. The van der Waals surface area contributed by atoms with Crippen molar-refractivity contribution in [3.8, 4) is 17.2 Å². The summed E-state index contributed by atoms with van der Waals surface area (Å²) in [5.41, 5.74) is 0.755. The first-order chi connectivity index (χ1) is 11.6. The molecule has 8 heteroatoms. The van der Waals surface area contributed by atoms with Crippen LogP contribution in [0.4, 0.5) is 0 Å². The maximum absolute atomic E-state index is 11.8. The summed E-state index contributed by atoms with van der Waals surface area (Å²) in [5, 5.41) is 12.7. The molecule has 0 aliphatic heterocycles. The molecule has 0 saturated heterocycles. The number of hydrogen-bond donors (Lipinski definition) is 2. The Balaban J connectivity index is 1.78. The molecule has 2 aromatic rings. The molecule has 2 amide bonds. The number of aromatic nitrogens is 2. The summed E-state index contributed by atoms with van der Waals surface area (Å²) in [5.74, 6) is 0.354. The van der Waals surface area contributed by atoms with Crippen LogP contribution in [0.1, 0.15) is 20.3 Å². The predicted molar refractivity (Wildman–Crippen MR) is 86.1 cm³/mol. The molecule has 0 aliphatic rings. The van der Waals surface area contributed by atoms with Crippen molar-refractivity contribution < 1.29 is 18.7 Å². The average Bonchev–Trinajstić information content (AvgIpc) is 3.12. The highest BCUT2D eigenvalue weighted by atomic mass is 16.5. The second-order valence-electron chi connectivity index (χ2n) is 5.14. The van der Waals surface area contributed by atoms with Crippen LogP contribution < -0.4 is 15.4 Å². The highest BCUT2D eigenvalue weighted by Crippen LogP contribution is 2.19. The lowest BCUT2D eigenvalue weighted by Gasteiger charge is -2.14. The van der Waals surface area contributed by atoms with Gasteiger partial charge in [0.1, 0.15) is 11.8 Å². The third-order valence-electron chi connectivity index (χ3n) is 3.15. The van der Waals surface area contributed by atoms with E-state index in [1.165, 1.54) is 6.39 Å². The van der Waals surface area contributed by atoms with Crippen LogP contribution in [-0.4, -0.2) is 41.2 Å². The monoisotopic (exact) mass is 332 g/mol. The van der Waals surface area contributed by atoms with Gasteiger partial charge in [-0.15, -0.1) is 10.2 Å². The zero-order valence-electron chi connectivity index (χ0n) is 13.6. The largest absolute Gasteiger partial charge is 0.484 e. The van der Waals surface area contributed by atoms with E-state index in [4.69, 9.17) is 9.15 Å². The molecule has 1 aromatic carbocycles. The number of hydrogen-bond acceptors (Lipinski definition) is 6. The Morgan fingerprint density at radius 1 is 1.29 bits per heavy atom. The molecular weight excluding hydrogens is 312 g/mol. The van der Waals surface area contributed by atoms with Crippen molar-refractivity contribution in [3.63, 3.8) is 0 Å². The second kappa shape index (κ2) is 8.66. The van der Waals surface area contributed by atoms with Gasteiger partial charge in [0.05, 0.1) is 0 Å². The Kier molecular flexibility index (Phi) is 6.30. The number of nitrogens with zero attached hydrogens (tertiary/aromatic N) is 2. The summed E-state index contributed by atoms with van der Waals surface area (Å²) >= 11 is 0. The third kappa shape index (κ3) is 5.08. The number of rotatable bonds is 8. The minimum atomic E-state index is -0.604. The third-order valence-corrected chi connectivity index (χ3v) is 3.15. The fraction of sp³-hybridized carbons (Fsp3) is 0.375. The van der Waals surface area contributed by atoms with Crippen LogP contribution in [0.5, 0.6) is 5.75 Å². The van der Waals surface area contributed by atoms with Crippen molar-refractivity contribution in [2.24, 2.45) is 0 Å². The average molecular weight is 332 g/mol. The first kappa shape index (κ1) is 17.5. The number of carbonyl (C=O) groups excluding carboxylic acids is 2. The number of benzene rings is 1. The minimum absolute atomic E-state index is 0.175. The smallest absolute Gasteiger partial charge is 0.258 e. The fourth-order valence-corrected chi connectivity index (χ4v) is 1.89. The quantitative estimate of drug-likeness (QED) is 0.751. The van der Waals surface area contributed by atoms with E-state index in [0.717, 1.165) is 12.0 Å². The molecule has 0 bridgehead atoms. The van der Waals surface area contributed by atoms with Gasteiger partial charge >= 0.3 is 0 Å². The van der Waals surface area contributed by atoms with Crippen molar-refractivity contribution in [1.82, 2.24) is 20.8 Å². The second-order valence-corrected chi connectivity index (χ2v) is 5.14. The van der Waals surface area contributed by atoms with Gasteiger partial charge in [0.15, 0.2) is 6.61 Å². The van der Waals surface area contributed by atoms with E-state index in [0.29, 0.717) is 18.2 Å². The zero-order valence-corrected chi connectivity index (χ0v) is 13.6. The molecule has 128 valence electrons. The van der Waals surface area contributed by atoms with E-state index in [2.05, 4.69) is 20.8 Å². The Morgan fingerprint density at radius 3 is 2.67 bits per heavy atom. The van der Waals surface area contributed by atoms with Gasteiger partial charge in [-0.1, -0.05) is 6.92 Å². The highest BCUT2D eigenvalue weighted by molar-refractivity contribution is 5.87. The van der Waals surface area contributed by atoms with E-state index < -0.39 is 6.04 Å². The molecule has 2 rings (SSSR count). The van der Waals surface area contributed by atoms with Crippen LogP contribution >= 0.6 is 0 Å². The topological polar surface area (TPSA) is 106 Å². The molecule has 8 nitrogen and oxygen atoms in total. The van der Waals surface area contributed by atoms with Crippen molar-refractivity contribution in [2.45, 2.75) is 26.3 Å². The number of amides is 2. The molecule has 1 atom stereocenters. The van der Waals surface area contributed by atoms with E-state index >= 15 is 0 Å². The van der Waals surface area contributed by atoms with E-state index in [9.17, 15) is 9.59 Å². The van der Waals surface area contributed by atoms with E-state index in [1.54, 1.807) is 31.2 Å². The van der Waals surface area contributed by atoms with Gasteiger partial charge in [-0.25, -0.2) is 0 Å². The summed E-state index contributed by atoms with van der Waals surface area (Å²) in [4.78, 5) is 23.5. The highest BCUT2D eigenvalue weighted by Gasteiger charge is 2.15. The lowest BCUT2D eigenvalue weighted by Crippen LogP contribution is -2.46. The van der Waals surface area contributed by atoms with Gasteiger partial charge < -0.3 is 19.8 Å². The van der Waals surface area contributed by atoms with Gasteiger partial charge in [0.25, 0.3) is 5.91 Å². The number of ether oxygens (including phenoxy) is 1. The summed E-state index contributed by atoms with van der Waals surface area (Å²) < 4.78 is 10.5. The SMILES string of the molecule is CCCNC(=O)[C@@H](C)NC(=O)COc1ccc(-c2nnco2)cc1. The Morgan fingerprint density at radius 2 is 2.04 bits per heavy atom. The molecule has 2 N–H and O–H groups in total. The normalized spacial score (nSPS) is 11.6. The van der Waals surface area contributed by atoms with Gasteiger partial charge in [0, 0.05) is 12.1 Å². The maximum atomic E-state index is 11.8. The van der Waals surface area contributed by atoms with Gasteiger partial charge in [-0.2, -0.15) is 0 Å². The lowest BCUT2D eigenvalue weighted by molar-refractivity contribution is -0.129. The molecule has 0 aliphatic carbocycles. The van der Waals surface area contributed by atoms with Crippen molar-refractivity contribution in [1.29, 1.82) is 0 Å². The van der Waals surface area contributed by atoms with Gasteiger partial charge in [-0.3, -0.25) is 9.59 Å². The molecule has 1 heterocycles. The van der Waals surface area contributed by atoms with Crippen LogP contribution in [0.3, 0.4) is 0 Å². The summed E-state index contributed by atoms with van der Waals surface area (Å²) in [6, 6.07) is 6.30. The Labute approximate surface area is 139 Å². The van der Waals surface area contributed by atoms with Gasteiger partial charge in [-0.05, 0) is 37.6 Å². The van der Waals surface area contributed by atoms with Crippen LogP contribution in [0.15, 0.2) is 35.1 Å². The van der Waals surface area contributed by atoms with Crippen molar-refractivity contribution in [3.05, 3.63) is 30.7 Å². The van der Waals surface area contributed by atoms with Crippen LogP contribution in [-0.2, 0) is 9.59 Å². The number of nitrogens with one attached hydrogen (secondary N) is 2. The molecule has 0 saturated carbocycles. The first-order valence-electron chi connectivity index (χ1n) is 7.66. The van der Waals surface area contributed by atoms with Gasteiger partial charge in [0.2, 0.25) is 18.2 Å². The van der Waals surface area contributed by atoms with E-state index in [1.807, 2.05) is 6.92 Å². The minimum Gasteiger partial charge on any atom is -0.484 e. The molecule has 0 unspecified atom stereocenters. The lowest BCUT2D eigenvalue weighted by atomic mass is 10.2. The Bertz CT molecular complexity index is 655. The fourth-order valence-electron chi connectivity index (χ4n) is 1.89. The summed E-state index contributed by atoms with van der Waals surface area (Å²) in [6.07, 6.45) is 2.09. The predicted octanol–water partition coefficient (Wildman–Crippen LogP) is 1.15. The molecule has 24 heavy (non-hydrogen) atoms. The molecule has 0 spiro atoms. The molecule has 0 radical (unpaired) electrons. The van der Waals surface area contributed by atoms with E-state index in [-0.39, 0.29) is 18.4 Å². The van der Waals surface area contributed by atoms with Crippen molar-refractivity contribution in [2.75, 3.05) is 13.2 Å². The molecular formula is C16H20N4O4.